The maximum Gasteiger partial charge on any atom is 0.133 e. The van der Waals surface area contributed by atoms with E-state index in [1.165, 1.54) is 0 Å². The van der Waals surface area contributed by atoms with Gasteiger partial charge in [0.1, 0.15) is 6.29 Å². The van der Waals surface area contributed by atoms with Crippen molar-refractivity contribution in [3.05, 3.63) is 29.8 Å². The number of aliphatic imine (C=N–C) groups is 1. The molecular weight excluding hydrogens is 150 g/mol. The van der Waals surface area contributed by atoms with Gasteiger partial charge in [-0.15, -0.1) is 0 Å². The van der Waals surface area contributed by atoms with Gasteiger partial charge in [0.15, 0.2) is 0 Å². The maximum absolute atomic E-state index is 10.7. The molecule has 60 valence electrons. The molecule has 0 radical (unpaired) electrons. The zero-order valence-electron chi connectivity index (χ0n) is 6.82. The van der Waals surface area contributed by atoms with E-state index in [-0.39, 0.29) is 5.92 Å². The molecule has 1 aromatic carbocycles. The van der Waals surface area contributed by atoms with Crippen LogP contribution >= 0.6 is 0 Å². The lowest BCUT2D eigenvalue weighted by Gasteiger charge is -2.01. The first kappa shape index (κ1) is 7.22. The first-order chi connectivity index (χ1) is 5.83. The summed E-state index contributed by atoms with van der Waals surface area (Å²) in [6.07, 6.45) is 0.949. The molecule has 1 unspecified atom stereocenters. The maximum atomic E-state index is 10.7. The minimum absolute atomic E-state index is 0.110. The average molecular weight is 159 g/mol. The Hall–Kier alpha value is -1.44. The van der Waals surface area contributed by atoms with Crippen molar-refractivity contribution in [2.75, 3.05) is 0 Å². The number of para-hydroxylation sites is 1. The average Bonchev–Trinajstić information content (AvgIpc) is 2.40. The Kier molecular flexibility index (Phi) is 1.54. The highest BCUT2D eigenvalue weighted by molar-refractivity contribution is 6.06. The quantitative estimate of drug-likeness (QED) is 0.577. The van der Waals surface area contributed by atoms with Crippen molar-refractivity contribution in [3.8, 4) is 0 Å². The number of fused-ring (bicyclic) bond motifs is 1. The molecule has 0 aromatic heterocycles. The van der Waals surface area contributed by atoms with Crippen LogP contribution in [-0.2, 0) is 4.79 Å². The third kappa shape index (κ3) is 0.881. The first-order valence-electron chi connectivity index (χ1n) is 3.92. The summed E-state index contributed by atoms with van der Waals surface area (Å²) in [5.74, 6) is -0.110. The predicted molar refractivity (Wildman–Crippen MR) is 48.0 cm³/mol. The SMILES string of the molecule is CC1=Nc2ccccc2C1C=O. The number of hydrogen-bond acceptors (Lipinski definition) is 2. The van der Waals surface area contributed by atoms with Crippen molar-refractivity contribution in [1.82, 2.24) is 0 Å². The van der Waals surface area contributed by atoms with Crippen molar-refractivity contribution in [1.29, 1.82) is 0 Å². The fourth-order valence-corrected chi connectivity index (χ4v) is 1.51. The van der Waals surface area contributed by atoms with Crippen LogP contribution in [0.1, 0.15) is 18.4 Å². The third-order valence-corrected chi connectivity index (χ3v) is 2.15. The zero-order valence-corrected chi connectivity index (χ0v) is 6.82. The summed E-state index contributed by atoms with van der Waals surface area (Å²) in [5.41, 5.74) is 2.86. The van der Waals surface area contributed by atoms with Gasteiger partial charge in [-0.3, -0.25) is 4.99 Å². The molecule has 0 aliphatic carbocycles. The molecule has 2 rings (SSSR count). The summed E-state index contributed by atoms with van der Waals surface area (Å²) in [7, 11) is 0. The monoisotopic (exact) mass is 159 g/mol. The molecule has 1 atom stereocenters. The second-order valence-electron chi connectivity index (χ2n) is 2.93. The number of carbonyl (C=O) groups excluding carboxylic acids is 1. The van der Waals surface area contributed by atoms with E-state index in [0.717, 1.165) is 23.2 Å². The van der Waals surface area contributed by atoms with Crippen LogP contribution in [0.25, 0.3) is 0 Å². The molecule has 0 spiro atoms. The Morgan fingerprint density at radius 3 is 2.92 bits per heavy atom. The van der Waals surface area contributed by atoms with E-state index in [9.17, 15) is 4.79 Å². The molecule has 1 aliphatic heterocycles. The normalized spacial score (nSPS) is 20.1. The molecule has 2 heteroatoms. The van der Waals surface area contributed by atoms with Gasteiger partial charge in [0.2, 0.25) is 0 Å². The largest absolute Gasteiger partial charge is 0.302 e. The lowest BCUT2D eigenvalue weighted by molar-refractivity contribution is -0.107. The summed E-state index contributed by atoms with van der Waals surface area (Å²) in [5, 5.41) is 0. The Morgan fingerprint density at radius 1 is 1.42 bits per heavy atom. The molecule has 1 aromatic rings. The van der Waals surface area contributed by atoms with Crippen LogP contribution in [0.4, 0.5) is 5.69 Å². The van der Waals surface area contributed by atoms with Gasteiger partial charge in [-0.1, -0.05) is 18.2 Å². The Bertz CT molecular complexity index is 355. The number of carbonyl (C=O) groups is 1. The minimum atomic E-state index is -0.110. The van der Waals surface area contributed by atoms with Crippen LogP contribution < -0.4 is 0 Å². The number of hydrogen-bond donors (Lipinski definition) is 0. The topological polar surface area (TPSA) is 29.4 Å². The highest BCUT2D eigenvalue weighted by Gasteiger charge is 2.22. The van der Waals surface area contributed by atoms with E-state index in [4.69, 9.17) is 0 Å². The Morgan fingerprint density at radius 2 is 2.17 bits per heavy atom. The van der Waals surface area contributed by atoms with E-state index in [0.29, 0.717) is 0 Å². The molecule has 1 aliphatic rings. The molecule has 0 N–H and O–H groups in total. The van der Waals surface area contributed by atoms with E-state index in [2.05, 4.69) is 4.99 Å². The van der Waals surface area contributed by atoms with Gasteiger partial charge in [0.05, 0.1) is 11.6 Å². The molecule has 12 heavy (non-hydrogen) atoms. The standard InChI is InChI=1S/C10H9NO/c1-7-9(6-12)8-4-2-3-5-10(8)11-7/h2-6,9H,1H3. The lowest BCUT2D eigenvalue weighted by atomic mass is 9.98. The molecule has 0 bridgehead atoms. The highest BCUT2D eigenvalue weighted by Crippen LogP contribution is 2.33. The van der Waals surface area contributed by atoms with Gasteiger partial charge >= 0.3 is 0 Å². The molecular formula is C10H9NO. The molecule has 0 saturated heterocycles. The lowest BCUT2D eigenvalue weighted by Crippen LogP contribution is -2.04. The summed E-state index contributed by atoms with van der Waals surface area (Å²) in [4.78, 5) is 15.0. The number of aldehydes is 1. The van der Waals surface area contributed by atoms with Gasteiger partial charge in [0, 0.05) is 5.71 Å². The molecule has 0 amide bonds. The third-order valence-electron chi connectivity index (χ3n) is 2.15. The second kappa shape index (κ2) is 2.55. The minimum Gasteiger partial charge on any atom is -0.302 e. The van der Waals surface area contributed by atoms with E-state index in [1.54, 1.807) is 0 Å². The van der Waals surface area contributed by atoms with Crippen molar-refractivity contribution < 1.29 is 4.79 Å². The summed E-state index contributed by atoms with van der Waals surface area (Å²) in [6, 6.07) is 7.75. The van der Waals surface area contributed by atoms with Crippen molar-refractivity contribution in [2.24, 2.45) is 4.99 Å². The van der Waals surface area contributed by atoms with Crippen LogP contribution in [0.2, 0.25) is 0 Å². The predicted octanol–water partition coefficient (Wildman–Crippen LogP) is 2.08. The molecule has 1 heterocycles. The van der Waals surface area contributed by atoms with E-state index in [1.807, 2.05) is 31.2 Å². The van der Waals surface area contributed by atoms with Crippen LogP contribution in [0, 0.1) is 0 Å². The zero-order chi connectivity index (χ0) is 8.55. The van der Waals surface area contributed by atoms with Crippen LogP contribution in [0.5, 0.6) is 0 Å². The van der Waals surface area contributed by atoms with Gasteiger partial charge in [-0.2, -0.15) is 0 Å². The first-order valence-corrected chi connectivity index (χ1v) is 3.92. The van der Waals surface area contributed by atoms with Crippen LogP contribution in [-0.4, -0.2) is 12.0 Å². The second-order valence-corrected chi connectivity index (χ2v) is 2.93. The van der Waals surface area contributed by atoms with Crippen molar-refractivity contribution in [2.45, 2.75) is 12.8 Å². The van der Waals surface area contributed by atoms with Crippen molar-refractivity contribution >= 4 is 17.7 Å². The summed E-state index contributed by atoms with van der Waals surface area (Å²) < 4.78 is 0. The molecule has 0 saturated carbocycles. The fourth-order valence-electron chi connectivity index (χ4n) is 1.51. The number of benzene rings is 1. The smallest absolute Gasteiger partial charge is 0.133 e. The van der Waals surface area contributed by atoms with Gasteiger partial charge in [0.25, 0.3) is 0 Å². The van der Waals surface area contributed by atoms with E-state index < -0.39 is 0 Å². The van der Waals surface area contributed by atoms with Gasteiger partial charge < -0.3 is 4.79 Å². The van der Waals surface area contributed by atoms with Crippen LogP contribution in [0.15, 0.2) is 29.3 Å². The molecule has 0 fully saturated rings. The van der Waals surface area contributed by atoms with Gasteiger partial charge in [-0.25, -0.2) is 0 Å². The number of rotatable bonds is 1. The Labute approximate surface area is 70.9 Å². The Balaban J connectivity index is 2.56. The number of nitrogens with zero attached hydrogens (tertiary/aromatic N) is 1. The van der Waals surface area contributed by atoms with Crippen molar-refractivity contribution in [3.63, 3.8) is 0 Å². The van der Waals surface area contributed by atoms with E-state index >= 15 is 0 Å². The fraction of sp³-hybridized carbons (Fsp3) is 0.200. The summed E-state index contributed by atoms with van der Waals surface area (Å²) in [6.45, 7) is 1.89. The highest BCUT2D eigenvalue weighted by atomic mass is 16.1. The van der Waals surface area contributed by atoms with Gasteiger partial charge in [-0.05, 0) is 18.6 Å². The summed E-state index contributed by atoms with van der Waals surface area (Å²) >= 11 is 0. The van der Waals surface area contributed by atoms with Crippen LogP contribution in [0.3, 0.4) is 0 Å². The molecule has 2 nitrogen and oxygen atoms in total.